The van der Waals surface area contributed by atoms with Gasteiger partial charge in [0.15, 0.2) is 0 Å². The Morgan fingerprint density at radius 1 is 0.844 bits per heavy atom. The number of amides is 2. The van der Waals surface area contributed by atoms with E-state index in [0.29, 0.717) is 11.4 Å². The fourth-order valence-corrected chi connectivity index (χ4v) is 7.48. The molecule has 2 aliphatic carbocycles. The number of H-pyrrole nitrogens is 1. The molecule has 1 aromatic heterocycles. The van der Waals surface area contributed by atoms with Gasteiger partial charge < -0.3 is 14.6 Å². The summed E-state index contributed by atoms with van der Waals surface area (Å²) in [4.78, 5) is 46.4. The molecule has 1 aliphatic heterocycles. The number of imide groups is 1. The van der Waals surface area contributed by atoms with Crippen molar-refractivity contribution >= 4 is 34.4 Å². The van der Waals surface area contributed by atoms with Crippen LogP contribution in [-0.4, -0.2) is 48.3 Å². The summed E-state index contributed by atoms with van der Waals surface area (Å²) in [5.74, 6) is -0.323. The fraction of sp³-hybridized carbons (Fsp3) is 0.342. The van der Waals surface area contributed by atoms with Gasteiger partial charge in [0, 0.05) is 17.4 Å². The minimum atomic E-state index is -0.335. The highest BCUT2D eigenvalue weighted by Gasteiger charge is 2.59. The van der Waals surface area contributed by atoms with Crippen LogP contribution >= 0.6 is 0 Å². The summed E-state index contributed by atoms with van der Waals surface area (Å²) < 4.78 is 5.69. The monoisotopic (exact) mass is 601 g/mol. The number of hydrogen-bond donors (Lipinski definition) is 1. The number of carbonyl (C=O) groups is 3. The Bertz CT molecular complexity index is 1740. The average molecular weight is 602 g/mol. The van der Waals surface area contributed by atoms with Crippen LogP contribution in [0.4, 0.5) is 5.69 Å². The molecule has 7 heteroatoms. The topological polar surface area (TPSA) is 82.7 Å². The van der Waals surface area contributed by atoms with Crippen molar-refractivity contribution in [2.75, 3.05) is 25.5 Å². The Morgan fingerprint density at radius 3 is 2.20 bits per heavy atom. The third-order valence-electron chi connectivity index (χ3n) is 9.79. The molecule has 2 unspecified atom stereocenters. The Morgan fingerprint density at radius 2 is 1.51 bits per heavy atom. The minimum Gasteiger partial charge on any atom is -0.456 e. The highest BCUT2D eigenvalue weighted by Crippen LogP contribution is 2.53. The second-order valence-corrected chi connectivity index (χ2v) is 13.0. The zero-order valence-corrected chi connectivity index (χ0v) is 25.9. The molecular weight excluding hydrogens is 562 g/mol. The van der Waals surface area contributed by atoms with Gasteiger partial charge in [0.2, 0.25) is 11.8 Å². The molecule has 0 spiro atoms. The van der Waals surface area contributed by atoms with Crippen LogP contribution in [0, 0.1) is 23.7 Å². The lowest BCUT2D eigenvalue weighted by Crippen LogP contribution is -2.32. The quantitative estimate of drug-likeness (QED) is 0.127. The van der Waals surface area contributed by atoms with E-state index in [0.717, 1.165) is 60.7 Å². The second-order valence-electron chi connectivity index (χ2n) is 13.0. The summed E-state index contributed by atoms with van der Waals surface area (Å²) in [5.41, 5.74) is 6.50. The third-order valence-corrected chi connectivity index (χ3v) is 9.79. The van der Waals surface area contributed by atoms with Crippen LogP contribution in [0.15, 0.2) is 84.9 Å². The Kier molecular flexibility index (Phi) is 7.88. The number of anilines is 1. The van der Waals surface area contributed by atoms with Crippen LogP contribution < -0.4 is 4.90 Å². The standard InChI is InChI=1S/C38H39N3O4/c1-40(2)20-19-30-31-21-25(13-18-32(31)39-35(30)38(44)45-23-26-7-4-3-5-8-26)10-6-9-24-11-16-29(17-12-24)41-36(42)33-27-14-15-28(22-27)34(33)37(41)43/h3-5,7-8,11-18,21,27-28,33-34,39H,6,9-10,19-20,22-23H2,1-2H3/t27-,28+,33?,34?. The number of likely N-dealkylation sites (N-methyl/N-ethyl adjacent to an activating group) is 1. The van der Waals surface area contributed by atoms with Gasteiger partial charge in [0.1, 0.15) is 12.3 Å². The SMILES string of the molecule is CN(C)CCc1c(C(=O)OCc2ccccc2)[nH]c2ccc(CCCc3ccc(N4C(=O)C5C(C4=O)[C@H]4C=C[C@@H]5C4)cc3)cc12. The van der Waals surface area contributed by atoms with Crippen molar-refractivity contribution in [3.63, 3.8) is 0 Å². The molecule has 230 valence electrons. The van der Waals surface area contributed by atoms with E-state index in [1.165, 1.54) is 16.0 Å². The van der Waals surface area contributed by atoms with Gasteiger partial charge in [-0.05, 0) is 105 Å². The van der Waals surface area contributed by atoms with Crippen molar-refractivity contribution < 1.29 is 19.1 Å². The van der Waals surface area contributed by atoms with Crippen molar-refractivity contribution in [3.8, 4) is 0 Å². The molecule has 0 radical (unpaired) electrons. The molecule has 4 atom stereocenters. The number of aryl methyl sites for hydroxylation is 2. The first kappa shape index (κ1) is 29.2. The van der Waals surface area contributed by atoms with Crippen molar-refractivity contribution in [2.45, 2.75) is 38.7 Å². The van der Waals surface area contributed by atoms with Gasteiger partial charge in [-0.25, -0.2) is 4.79 Å². The number of fused-ring (bicyclic) bond motifs is 6. The minimum absolute atomic E-state index is 0.0349. The number of nitrogens with zero attached hydrogens (tertiary/aromatic N) is 2. The van der Waals surface area contributed by atoms with Crippen LogP contribution in [-0.2, 0) is 40.2 Å². The molecule has 3 aliphatic rings. The smallest absolute Gasteiger partial charge is 0.355 e. The normalized spacial score (nSPS) is 21.8. The summed E-state index contributed by atoms with van der Waals surface area (Å²) in [6.07, 6.45) is 8.67. The van der Waals surface area contributed by atoms with Crippen molar-refractivity contribution in [1.82, 2.24) is 9.88 Å². The maximum Gasteiger partial charge on any atom is 0.355 e. The molecule has 1 saturated carbocycles. The van der Waals surface area contributed by atoms with Crippen LogP contribution in [0.25, 0.3) is 10.9 Å². The zero-order chi connectivity index (χ0) is 31.1. The number of hydrogen-bond acceptors (Lipinski definition) is 5. The third kappa shape index (κ3) is 5.61. The molecule has 7 nitrogen and oxygen atoms in total. The van der Waals surface area contributed by atoms with Crippen LogP contribution in [0.1, 0.15) is 45.6 Å². The molecule has 2 heterocycles. The van der Waals surface area contributed by atoms with E-state index in [1.54, 1.807) is 0 Å². The highest BCUT2D eigenvalue weighted by atomic mass is 16.5. The number of aromatic nitrogens is 1. The fourth-order valence-electron chi connectivity index (χ4n) is 7.48. The molecular formula is C38H39N3O4. The average Bonchev–Trinajstić information content (AvgIpc) is 3.82. The van der Waals surface area contributed by atoms with Crippen LogP contribution in [0.2, 0.25) is 0 Å². The van der Waals surface area contributed by atoms with Crippen LogP contribution in [0.3, 0.4) is 0 Å². The lowest BCUT2D eigenvalue weighted by atomic mass is 9.85. The van der Waals surface area contributed by atoms with E-state index < -0.39 is 0 Å². The van der Waals surface area contributed by atoms with Gasteiger partial charge in [0.05, 0.1) is 17.5 Å². The largest absolute Gasteiger partial charge is 0.456 e. The summed E-state index contributed by atoms with van der Waals surface area (Å²) in [5, 5.41) is 1.07. The first-order valence-corrected chi connectivity index (χ1v) is 16.0. The van der Waals surface area contributed by atoms with E-state index >= 15 is 0 Å². The van der Waals surface area contributed by atoms with Crippen molar-refractivity contribution in [2.24, 2.45) is 23.7 Å². The second kappa shape index (κ2) is 12.1. The van der Waals surface area contributed by atoms with Gasteiger partial charge in [0.25, 0.3) is 0 Å². The van der Waals surface area contributed by atoms with Gasteiger partial charge in [-0.2, -0.15) is 0 Å². The Balaban J connectivity index is 1.01. The summed E-state index contributed by atoms with van der Waals surface area (Å²) in [7, 11) is 4.07. The number of esters is 1. The molecule has 45 heavy (non-hydrogen) atoms. The number of nitrogens with one attached hydrogen (secondary N) is 1. The van der Waals surface area contributed by atoms with E-state index in [-0.39, 0.29) is 48.1 Å². The van der Waals surface area contributed by atoms with Crippen molar-refractivity contribution in [3.05, 3.63) is 113 Å². The summed E-state index contributed by atoms with van der Waals surface area (Å²) in [6.45, 7) is 1.05. The summed E-state index contributed by atoms with van der Waals surface area (Å²) >= 11 is 0. The molecule has 1 saturated heterocycles. The maximum absolute atomic E-state index is 13.2. The Labute approximate surface area is 263 Å². The maximum atomic E-state index is 13.2. The number of ether oxygens (including phenoxy) is 1. The van der Waals surface area contributed by atoms with E-state index in [4.69, 9.17) is 4.74 Å². The van der Waals surface area contributed by atoms with Gasteiger partial charge in [-0.15, -0.1) is 0 Å². The van der Waals surface area contributed by atoms with E-state index in [2.05, 4.69) is 40.2 Å². The van der Waals surface area contributed by atoms with E-state index in [9.17, 15) is 14.4 Å². The predicted octanol–water partition coefficient (Wildman–Crippen LogP) is 6.12. The lowest BCUT2D eigenvalue weighted by Gasteiger charge is -2.17. The first-order chi connectivity index (χ1) is 21.9. The Hall–Kier alpha value is -4.49. The van der Waals surface area contributed by atoms with E-state index in [1.807, 2.05) is 68.7 Å². The highest BCUT2D eigenvalue weighted by molar-refractivity contribution is 6.22. The predicted molar refractivity (Wildman–Crippen MR) is 175 cm³/mol. The molecule has 1 N–H and O–H groups in total. The van der Waals surface area contributed by atoms with Crippen molar-refractivity contribution in [1.29, 1.82) is 0 Å². The van der Waals surface area contributed by atoms with Crippen LogP contribution in [0.5, 0.6) is 0 Å². The lowest BCUT2D eigenvalue weighted by molar-refractivity contribution is -0.123. The first-order valence-electron chi connectivity index (χ1n) is 16.0. The van der Waals surface area contributed by atoms with Gasteiger partial charge in [-0.1, -0.05) is 60.7 Å². The van der Waals surface area contributed by atoms with Gasteiger partial charge >= 0.3 is 5.97 Å². The number of allylic oxidation sites excluding steroid dienone is 2. The number of carbonyl (C=O) groups excluding carboxylic acids is 3. The molecule has 7 rings (SSSR count). The zero-order valence-electron chi connectivity index (χ0n) is 25.9. The molecule has 3 aromatic carbocycles. The molecule has 4 aromatic rings. The molecule has 2 amide bonds. The number of aromatic amines is 1. The summed E-state index contributed by atoms with van der Waals surface area (Å²) in [6, 6.07) is 24.0. The van der Waals surface area contributed by atoms with Gasteiger partial charge in [-0.3, -0.25) is 14.5 Å². The number of benzene rings is 3. The number of rotatable bonds is 11. The molecule has 2 bridgehead atoms. The molecule has 2 fully saturated rings.